The molecule has 2 aromatic carbocycles. The lowest BCUT2D eigenvalue weighted by Gasteiger charge is -2.40. The van der Waals surface area contributed by atoms with E-state index in [1.807, 2.05) is 48.2 Å². The molecule has 1 atom stereocenters. The van der Waals surface area contributed by atoms with Crippen molar-refractivity contribution in [3.05, 3.63) is 54.1 Å². The van der Waals surface area contributed by atoms with Crippen LogP contribution in [-0.4, -0.2) is 56.0 Å². The zero-order valence-electron chi connectivity index (χ0n) is 18.4. The number of amides is 2. The summed E-state index contributed by atoms with van der Waals surface area (Å²) in [5, 5.41) is 0. The largest absolute Gasteiger partial charge is 0.497 e. The quantitative estimate of drug-likeness (QED) is 0.742. The van der Waals surface area contributed by atoms with Gasteiger partial charge in [0.25, 0.3) is 0 Å². The molecule has 0 aliphatic carbocycles. The Labute approximate surface area is 184 Å². The molecule has 31 heavy (non-hydrogen) atoms. The van der Waals surface area contributed by atoms with Crippen molar-refractivity contribution in [2.45, 2.75) is 38.6 Å². The Morgan fingerprint density at radius 2 is 1.81 bits per heavy atom. The molecule has 0 aromatic heterocycles. The summed E-state index contributed by atoms with van der Waals surface area (Å²) in [6.07, 6.45) is 2.80. The summed E-state index contributed by atoms with van der Waals surface area (Å²) in [5.41, 5.74) is 3.16. The number of methoxy groups -OCH3 is 1. The van der Waals surface area contributed by atoms with Gasteiger partial charge in [0.15, 0.2) is 0 Å². The van der Waals surface area contributed by atoms with Crippen molar-refractivity contribution in [2.75, 3.05) is 43.1 Å². The van der Waals surface area contributed by atoms with E-state index in [0.717, 1.165) is 48.6 Å². The van der Waals surface area contributed by atoms with Crippen LogP contribution in [0.5, 0.6) is 5.75 Å². The lowest BCUT2D eigenvalue weighted by molar-refractivity contribution is -0.135. The van der Waals surface area contributed by atoms with E-state index in [1.165, 1.54) is 0 Å². The fourth-order valence-corrected chi connectivity index (χ4v) is 4.65. The van der Waals surface area contributed by atoms with Crippen LogP contribution in [0.3, 0.4) is 0 Å². The summed E-state index contributed by atoms with van der Waals surface area (Å²) in [5.74, 6) is 0.943. The smallest absolute Gasteiger partial charge is 0.245 e. The van der Waals surface area contributed by atoms with E-state index in [1.54, 1.807) is 12.0 Å². The molecule has 1 saturated heterocycles. The van der Waals surface area contributed by atoms with E-state index in [0.29, 0.717) is 25.9 Å². The van der Waals surface area contributed by atoms with E-state index in [4.69, 9.17) is 4.74 Å². The van der Waals surface area contributed by atoms with Crippen molar-refractivity contribution in [1.82, 2.24) is 4.90 Å². The maximum absolute atomic E-state index is 13.5. The molecule has 0 bridgehead atoms. The molecule has 1 fully saturated rings. The SMILES string of the molecule is CC[C@H](C(=O)N1CCN(c2cccc(OC)c2)CC1)N1C(=O)CCCc2ccccc21. The van der Waals surface area contributed by atoms with Crippen molar-refractivity contribution >= 4 is 23.2 Å². The van der Waals surface area contributed by atoms with Crippen LogP contribution in [0.25, 0.3) is 0 Å². The zero-order valence-corrected chi connectivity index (χ0v) is 18.4. The first-order chi connectivity index (χ1) is 15.1. The van der Waals surface area contributed by atoms with Crippen LogP contribution in [-0.2, 0) is 16.0 Å². The molecule has 4 rings (SSSR count). The minimum atomic E-state index is -0.449. The summed E-state index contributed by atoms with van der Waals surface area (Å²) < 4.78 is 5.34. The second kappa shape index (κ2) is 9.41. The van der Waals surface area contributed by atoms with Crippen LogP contribution < -0.4 is 14.5 Å². The fourth-order valence-electron chi connectivity index (χ4n) is 4.65. The van der Waals surface area contributed by atoms with E-state index in [9.17, 15) is 9.59 Å². The van der Waals surface area contributed by atoms with Gasteiger partial charge in [-0.3, -0.25) is 14.5 Å². The van der Waals surface area contributed by atoms with Gasteiger partial charge in [-0.1, -0.05) is 31.2 Å². The molecule has 164 valence electrons. The molecule has 6 nitrogen and oxygen atoms in total. The van der Waals surface area contributed by atoms with Crippen molar-refractivity contribution in [3.63, 3.8) is 0 Å². The number of hydrogen-bond donors (Lipinski definition) is 0. The van der Waals surface area contributed by atoms with Crippen LogP contribution in [0.2, 0.25) is 0 Å². The van der Waals surface area contributed by atoms with Crippen LogP contribution in [0.15, 0.2) is 48.5 Å². The number of para-hydroxylation sites is 1. The van der Waals surface area contributed by atoms with Gasteiger partial charge in [-0.2, -0.15) is 0 Å². The molecule has 0 spiro atoms. The first kappa shape index (κ1) is 21.2. The van der Waals surface area contributed by atoms with Gasteiger partial charge >= 0.3 is 0 Å². The minimum Gasteiger partial charge on any atom is -0.497 e. The normalized spacial score (nSPS) is 17.7. The Morgan fingerprint density at radius 3 is 2.55 bits per heavy atom. The second-order valence-corrected chi connectivity index (χ2v) is 8.18. The summed E-state index contributed by atoms with van der Waals surface area (Å²) in [4.78, 5) is 32.5. The number of carbonyl (C=O) groups is 2. The Hall–Kier alpha value is -3.02. The van der Waals surface area contributed by atoms with Crippen molar-refractivity contribution in [3.8, 4) is 5.75 Å². The molecule has 0 saturated carbocycles. The minimum absolute atomic E-state index is 0.0536. The van der Waals surface area contributed by atoms with Gasteiger partial charge in [0.1, 0.15) is 11.8 Å². The summed E-state index contributed by atoms with van der Waals surface area (Å²) in [7, 11) is 1.67. The fraction of sp³-hybridized carbons (Fsp3) is 0.440. The van der Waals surface area contributed by atoms with Crippen LogP contribution in [0, 0.1) is 0 Å². The van der Waals surface area contributed by atoms with E-state index < -0.39 is 6.04 Å². The van der Waals surface area contributed by atoms with Gasteiger partial charge in [0.2, 0.25) is 11.8 Å². The average Bonchev–Trinajstić information content (AvgIpc) is 2.98. The molecule has 2 heterocycles. The van der Waals surface area contributed by atoms with Gasteiger partial charge < -0.3 is 14.5 Å². The number of fused-ring (bicyclic) bond motifs is 1. The first-order valence-corrected chi connectivity index (χ1v) is 11.2. The van der Waals surface area contributed by atoms with Gasteiger partial charge in [-0.15, -0.1) is 0 Å². The van der Waals surface area contributed by atoms with E-state index in [2.05, 4.69) is 17.0 Å². The molecule has 6 heteroatoms. The number of aryl methyl sites for hydroxylation is 1. The summed E-state index contributed by atoms with van der Waals surface area (Å²) in [6, 6.07) is 15.6. The summed E-state index contributed by atoms with van der Waals surface area (Å²) in [6.45, 7) is 4.82. The number of anilines is 2. The third-order valence-corrected chi connectivity index (χ3v) is 6.35. The molecule has 2 amide bonds. The number of nitrogens with zero attached hydrogens (tertiary/aromatic N) is 3. The highest BCUT2D eigenvalue weighted by molar-refractivity contribution is 6.01. The van der Waals surface area contributed by atoms with Crippen molar-refractivity contribution in [2.24, 2.45) is 0 Å². The first-order valence-electron chi connectivity index (χ1n) is 11.2. The molecular weight excluding hydrogens is 390 g/mol. The van der Waals surface area contributed by atoms with Crippen LogP contribution >= 0.6 is 0 Å². The Kier molecular flexibility index (Phi) is 6.44. The number of rotatable bonds is 5. The third-order valence-electron chi connectivity index (χ3n) is 6.35. The number of benzene rings is 2. The van der Waals surface area contributed by atoms with Crippen LogP contribution in [0.1, 0.15) is 31.7 Å². The Balaban J connectivity index is 1.49. The highest BCUT2D eigenvalue weighted by Gasteiger charge is 2.35. The molecule has 0 unspecified atom stereocenters. The monoisotopic (exact) mass is 421 g/mol. The van der Waals surface area contributed by atoms with E-state index in [-0.39, 0.29) is 11.8 Å². The lowest BCUT2D eigenvalue weighted by atomic mass is 10.1. The highest BCUT2D eigenvalue weighted by atomic mass is 16.5. The van der Waals surface area contributed by atoms with Crippen LogP contribution in [0.4, 0.5) is 11.4 Å². The molecule has 2 aromatic rings. The average molecular weight is 422 g/mol. The van der Waals surface area contributed by atoms with Crippen molar-refractivity contribution < 1.29 is 14.3 Å². The predicted octanol–water partition coefficient (Wildman–Crippen LogP) is 3.49. The number of ether oxygens (including phenoxy) is 1. The van der Waals surface area contributed by atoms with Gasteiger partial charge in [-0.25, -0.2) is 0 Å². The maximum atomic E-state index is 13.5. The topological polar surface area (TPSA) is 53.1 Å². The van der Waals surface area contributed by atoms with Gasteiger partial charge in [-0.05, 0) is 43.0 Å². The second-order valence-electron chi connectivity index (χ2n) is 8.18. The lowest BCUT2D eigenvalue weighted by Crippen LogP contribution is -2.56. The highest BCUT2D eigenvalue weighted by Crippen LogP contribution is 2.30. The van der Waals surface area contributed by atoms with Crippen molar-refractivity contribution in [1.29, 1.82) is 0 Å². The van der Waals surface area contributed by atoms with Gasteiger partial charge in [0, 0.05) is 50.0 Å². The van der Waals surface area contributed by atoms with E-state index >= 15 is 0 Å². The summed E-state index contributed by atoms with van der Waals surface area (Å²) >= 11 is 0. The molecule has 0 radical (unpaired) electrons. The number of hydrogen-bond acceptors (Lipinski definition) is 4. The Morgan fingerprint density at radius 1 is 1.03 bits per heavy atom. The maximum Gasteiger partial charge on any atom is 0.245 e. The number of carbonyl (C=O) groups excluding carboxylic acids is 2. The molecule has 2 aliphatic rings. The zero-order chi connectivity index (χ0) is 21.8. The number of piperazine rings is 1. The standard InChI is InChI=1S/C25H31N3O3/c1-3-22(28-23-12-5-4-8-19(23)9-6-13-24(28)29)25(30)27-16-14-26(15-17-27)20-10-7-11-21(18-20)31-2/h4-5,7-8,10-12,18,22H,3,6,9,13-17H2,1-2H3/t22-/m1/s1. The molecule has 0 N–H and O–H groups in total. The van der Waals surface area contributed by atoms with Gasteiger partial charge in [0.05, 0.1) is 7.11 Å². The molecular formula is C25H31N3O3. The molecule has 2 aliphatic heterocycles. The Bertz CT molecular complexity index is 937. The predicted molar refractivity (Wildman–Crippen MR) is 123 cm³/mol. The third kappa shape index (κ3) is 4.38.